The molecule has 0 atom stereocenters. The van der Waals surface area contributed by atoms with Crippen molar-refractivity contribution in [3.8, 4) is 5.69 Å². The minimum absolute atomic E-state index is 0.171. The van der Waals surface area contributed by atoms with Gasteiger partial charge in [0.05, 0.1) is 21.4 Å². The van der Waals surface area contributed by atoms with Crippen LogP contribution < -0.4 is 0 Å². The molecule has 0 saturated carbocycles. The molecule has 0 spiro atoms. The van der Waals surface area contributed by atoms with Gasteiger partial charge in [0.1, 0.15) is 17.5 Å². The van der Waals surface area contributed by atoms with E-state index in [1.807, 2.05) is 0 Å². The van der Waals surface area contributed by atoms with E-state index < -0.39 is 0 Å². The Kier molecular flexibility index (Phi) is 3.71. The summed E-state index contributed by atoms with van der Waals surface area (Å²) in [4.78, 5) is 4.34. The van der Waals surface area contributed by atoms with Gasteiger partial charge in [-0.15, -0.1) is 11.6 Å². The van der Waals surface area contributed by atoms with Gasteiger partial charge in [0.2, 0.25) is 0 Å². The van der Waals surface area contributed by atoms with Crippen LogP contribution in [0.15, 0.2) is 34.8 Å². The molecule has 0 amide bonds. The van der Waals surface area contributed by atoms with Crippen molar-refractivity contribution in [2.45, 2.75) is 12.8 Å². The number of nitrogens with zero attached hydrogens (tertiary/aromatic N) is 2. The van der Waals surface area contributed by atoms with E-state index in [0.717, 1.165) is 5.52 Å². The molecule has 2 aromatic carbocycles. The summed E-state index contributed by atoms with van der Waals surface area (Å²) >= 11 is 9.11. The van der Waals surface area contributed by atoms with Gasteiger partial charge in [-0.1, -0.05) is 0 Å². The molecule has 1 aromatic heterocycles. The summed E-state index contributed by atoms with van der Waals surface area (Å²) < 4.78 is 29.2. The van der Waals surface area contributed by atoms with Crippen molar-refractivity contribution in [2.75, 3.05) is 0 Å². The normalized spacial score (nSPS) is 11.3. The van der Waals surface area contributed by atoms with Crippen LogP contribution in [0.2, 0.25) is 0 Å². The van der Waals surface area contributed by atoms with E-state index in [1.54, 1.807) is 29.7 Å². The highest BCUT2D eigenvalue weighted by molar-refractivity contribution is 9.10. The van der Waals surface area contributed by atoms with Crippen LogP contribution in [0.25, 0.3) is 16.7 Å². The maximum Gasteiger partial charge on any atom is 0.137 e. The Morgan fingerprint density at radius 2 is 1.95 bits per heavy atom. The van der Waals surface area contributed by atoms with E-state index in [1.165, 1.54) is 12.1 Å². The Morgan fingerprint density at radius 1 is 1.19 bits per heavy atom. The van der Waals surface area contributed by atoms with Crippen LogP contribution in [-0.4, -0.2) is 9.55 Å². The topological polar surface area (TPSA) is 17.8 Å². The maximum atomic E-state index is 13.7. The fraction of sp³-hybridized carbons (Fsp3) is 0.133. The maximum absolute atomic E-state index is 13.7. The lowest BCUT2D eigenvalue weighted by molar-refractivity contribution is 0.620. The smallest absolute Gasteiger partial charge is 0.137 e. The van der Waals surface area contributed by atoms with Gasteiger partial charge >= 0.3 is 0 Å². The summed E-state index contributed by atoms with van der Waals surface area (Å²) in [5.41, 5.74) is 2.50. The summed E-state index contributed by atoms with van der Waals surface area (Å²) in [6, 6.07) is 7.74. The minimum atomic E-state index is -0.349. The largest absolute Gasteiger partial charge is 0.295 e. The Hall–Kier alpha value is -1.46. The molecule has 0 bridgehead atoms. The number of hydrogen-bond acceptors (Lipinski definition) is 1. The third-order valence-corrected chi connectivity index (χ3v) is 4.13. The zero-order valence-corrected chi connectivity index (χ0v) is 13.3. The van der Waals surface area contributed by atoms with Gasteiger partial charge in [-0.3, -0.25) is 4.57 Å². The van der Waals surface area contributed by atoms with Crippen LogP contribution in [0, 0.1) is 18.6 Å². The molecule has 0 N–H and O–H groups in total. The average molecular weight is 372 g/mol. The lowest BCUT2D eigenvalue weighted by atomic mass is 10.2. The van der Waals surface area contributed by atoms with Crippen LogP contribution in [0.3, 0.4) is 0 Å². The molecule has 0 aliphatic rings. The quantitative estimate of drug-likeness (QED) is 0.572. The second kappa shape index (κ2) is 5.39. The van der Waals surface area contributed by atoms with E-state index >= 15 is 0 Å². The molecule has 21 heavy (non-hydrogen) atoms. The predicted molar refractivity (Wildman–Crippen MR) is 83.0 cm³/mol. The van der Waals surface area contributed by atoms with Crippen LogP contribution in [-0.2, 0) is 5.88 Å². The standard InChI is InChI=1S/C15H10BrClF2N2/c1-8-4-14-13(6-12(8)19)20-15(7-17)21(14)9-2-3-11(18)10(16)5-9/h2-6H,7H2,1H3. The average Bonchev–Trinajstić information content (AvgIpc) is 2.80. The number of aryl methyl sites for hydroxylation is 1. The molecule has 3 rings (SSSR count). The SMILES string of the molecule is Cc1cc2c(cc1F)nc(CCl)n2-c1ccc(F)c(Br)c1. The third-order valence-electron chi connectivity index (χ3n) is 3.29. The van der Waals surface area contributed by atoms with Gasteiger partial charge in [0.15, 0.2) is 0 Å². The minimum Gasteiger partial charge on any atom is -0.295 e. The Balaban J connectivity index is 2.34. The first-order valence-electron chi connectivity index (χ1n) is 6.20. The van der Waals surface area contributed by atoms with E-state index in [9.17, 15) is 8.78 Å². The molecule has 108 valence electrons. The van der Waals surface area contributed by atoms with Gasteiger partial charge in [0.25, 0.3) is 0 Å². The van der Waals surface area contributed by atoms with Gasteiger partial charge in [-0.25, -0.2) is 13.8 Å². The molecule has 0 saturated heterocycles. The molecule has 0 aliphatic carbocycles. The summed E-state index contributed by atoms with van der Waals surface area (Å²) in [5, 5.41) is 0. The monoisotopic (exact) mass is 370 g/mol. The van der Waals surface area contributed by atoms with E-state index in [-0.39, 0.29) is 17.5 Å². The third kappa shape index (κ3) is 2.45. The first-order valence-corrected chi connectivity index (χ1v) is 7.53. The van der Waals surface area contributed by atoms with Crippen molar-refractivity contribution in [3.05, 3.63) is 57.8 Å². The molecular weight excluding hydrogens is 362 g/mol. The van der Waals surface area contributed by atoms with Crippen molar-refractivity contribution in [2.24, 2.45) is 0 Å². The fourth-order valence-corrected chi connectivity index (χ4v) is 2.80. The molecular formula is C15H10BrClF2N2. The van der Waals surface area contributed by atoms with E-state index in [4.69, 9.17) is 11.6 Å². The van der Waals surface area contributed by atoms with Crippen LogP contribution in [0.1, 0.15) is 11.4 Å². The first kappa shape index (κ1) is 14.5. The Bertz CT molecular complexity index is 845. The second-order valence-corrected chi connectivity index (χ2v) is 5.81. The van der Waals surface area contributed by atoms with E-state index in [2.05, 4.69) is 20.9 Å². The molecule has 0 unspecified atom stereocenters. The molecule has 0 aliphatic heterocycles. The number of fused-ring (bicyclic) bond motifs is 1. The lowest BCUT2D eigenvalue weighted by Gasteiger charge is -2.09. The van der Waals surface area contributed by atoms with Crippen molar-refractivity contribution in [3.63, 3.8) is 0 Å². The summed E-state index contributed by atoms with van der Waals surface area (Å²) in [6.07, 6.45) is 0. The lowest BCUT2D eigenvalue weighted by Crippen LogP contribution is -2.00. The number of rotatable bonds is 2. The first-order chi connectivity index (χ1) is 10.0. The van der Waals surface area contributed by atoms with Crippen molar-refractivity contribution >= 4 is 38.6 Å². The van der Waals surface area contributed by atoms with Crippen LogP contribution in [0.5, 0.6) is 0 Å². The summed E-state index contributed by atoms with van der Waals surface area (Å²) in [5.74, 6) is 0.0891. The number of benzene rings is 2. The van der Waals surface area contributed by atoms with Crippen LogP contribution >= 0.6 is 27.5 Å². The Morgan fingerprint density at radius 3 is 2.62 bits per heavy atom. The number of hydrogen-bond donors (Lipinski definition) is 0. The van der Waals surface area contributed by atoms with Crippen LogP contribution in [0.4, 0.5) is 8.78 Å². The summed E-state index contributed by atoms with van der Waals surface area (Å²) in [7, 11) is 0. The second-order valence-electron chi connectivity index (χ2n) is 4.69. The molecule has 2 nitrogen and oxygen atoms in total. The van der Waals surface area contributed by atoms with E-state index in [0.29, 0.717) is 27.1 Å². The summed E-state index contributed by atoms with van der Waals surface area (Å²) in [6.45, 7) is 1.69. The zero-order chi connectivity index (χ0) is 15.1. The fourth-order valence-electron chi connectivity index (χ4n) is 2.25. The molecule has 6 heteroatoms. The van der Waals surface area contributed by atoms with Gasteiger partial charge < -0.3 is 0 Å². The van der Waals surface area contributed by atoms with Crippen molar-refractivity contribution < 1.29 is 8.78 Å². The highest BCUT2D eigenvalue weighted by Crippen LogP contribution is 2.27. The molecule has 1 heterocycles. The highest BCUT2D eigenvalue weighted by Gasteiger charge is 2.14. The number of alkyl halides is 1. The number of halogens is 4. The van der Waals surface area contributed by atoms with Gasteiger partial charge in [0, 0.05) is 11.8 Å². The number of aromatic nitrogens is 2. The zero-order valence-electron chi connectivity index (χ0n) is 11.0. The highest BCUT2D eigenvalue weighted by atomic mass is 79.9. The van der Waals surface area contributed by atoms with Gasteiger partial charge in [-0.2, -0.15) is 0 Å². The van der Waals surface area contributed by atoms with Crippen molar-refractivity contribution in [1.82, 2.24) is 9.55 Å². The molecule has 0 fully saturated rings. The predicted octanol–water partition coefficient (Wildman–Crippen LogP) is 5.11. The number of imidazole rings is 1. The molecule has 0 radical (unpaired) electrons. The van der Waals surface area contributed by atoms with Crippen molar-refractivity contribution in [1.29, 1.82) is 0 Å². The Labute approximate surface area is 133 Å². The van der Waals surface area contributed by atoms with Gasteiger partial charge in [-0.05, 0) is 52.7 Å². The molecule has 3 aromatic rings.